The van der Waals surface area contributed by atoms with E-state index >= 15 is 0 Å². The maximum atomic E-state index is 12.8. The van der Waals surface area contributed by atoms with Gasteiger partial charge in [-0.15, -0.1) is 0 Å². The van der Waals surface area contributed by atoms with E-state index in [9.17, 15) is 24.6 Å². The molecule has 3 atom stereocenters. The Hall–Kier alpha value is -3.68. The van der Waals surface area contributed by atoms with E-state index in [-0.39, 0.29) is 6.42 Å². The maximum absolute atomic E-state index is 12.8. The van der Waals surface area contributed by atoms with Crippen molar-refractivity contribution < 1.29 is 24.6 Å². The first-order valence-corrected chi connectivity index (χ1v) is 10.6. The van der Waals surface area contributed by atoms with E-state index in [1.54, 1.807) is 84.9 Å². The van der Waals surface area contributed by atoms with Gasteiger partial charge in [0.05, 0.1) is 6.04 Å². The summed E-state index contributed by atoms with van der Waals surface area (Å²) in [4.78, 5) is 37.3. The van der Waals surface area contributed by atoms with Gasteiger partial charge in [0.25, 0.3) is 11.8 Å². The minimum absolute atomic E-state index is 0.00264. The number of carbonyl (C=O) groups is 3. The van der Waals surface area contributed by atoms with E-state index in [1.807, 2.05) is 0 Å². The normalized spacial score (nSPS) is 13.4. The summed E-state index contributed by atoms with van der Waals surface area (Å²) in [5, 5.41) is 26.0. The summed E-state index contributed by atoms with van der Waals surface area (Å²) in [5.74, 6) is -2.65. The minimum Gasteiger partial charge on any atom is -0.480 e. The average Bonchev–Trinajstić information content (AvgIpc) is 2.83. The molecule has 0 fully saturated rings. The number of rotatable bonds is 9. The SMILES string of the molecule is O=C(N[C@@H](c1ccccc1)[C@@H](O)C(=O)N[C@@H](Cc1ccc(Cl)cc1)C(=O)O)c1ccccc1. The summed E-state index contributed by atoms with van der Waals surface area (Å²) in [6.45, 7) is 0. The van der Waals surface area contributed by atoms with Crippen LogP contribution in [0, 0.1) is 0 Å². The van der Waals surface area contributed by atoms with Crippen LogP contribution in [0.2, 0.25) is 5.02 Å². The molecule has 8 heteroatoms. The van der Waals surface area contributed by atoms with Crippen molar-refractivity contribution in [3.05, 3.63) is 107 Å². The van der Waals surface area contributed by atoms with Crippen LogP contribution in [0.25, 0.3) is 0 Å². The van der Waals surface area contributed by atoms with Crippen LogP contribution in [0.5, 0.6) is 0 Å². The quantitative estimate of drug-likeness (QED) is 0.387. The van der Waals surface area contributed by atoms with E-state index in [0.717, 1.165) is 0 Å². The number of nitrogens with one attached hydrogen (secondary N) is 2. The van der Waals surface area contributed by atoms with Crippen molar-refractivity contribution >= 4 is 29.4 Å². The topological polar surface area (TPSA) is 116 Å². The summed E-state index contributed by atoms with van der Waals surface area (Å²) in [5.41, 5.74) is 1.50. The van der Waals surface area contributed by atoms with Crippen molar-refractivity contribution in [2.24, 2.45) is 0 Å². The summed E-state index contributed by atoms with van der Waals surface area (Å²) < 4.78 is 0. The van der Waals surface area contributed by atoms with Crippen molar-refractivity contribution in [3.63, 3.8) is 0 Å². The van der Waals surface area contributed by atoms with Crippen LogP contribution < -0.4 is 10.6 Å². The smallest absolute Gasteiger partial charge is 0.326 e. The largest absolute Gasteiger partial charge is 0.480 e. The highest BCUT2D eigenvalue weighted by atomic mass is 35.5. The van der Waals surface area contributed by atoms with Crippen LogP contribution in [0.1, 0.15) is 27.5 Å². The fourth-order valence-electron chi connectivity index (χ4n) is 3.28. The molecule has 33 heavy (non-hydrogen) atoms. The maximum Gasteiger partial charge on any atom is 0.326 e. The predicted octanol–water partition coefficient (Wildman–Crippen LogP) is 2.98. The number of aliphatic carboxylic acids is 1. The second kappa shape index (κ2) is 11.3. The van der Waals surface area contributed by atoms with E-state index in [2.05, 4.69) is 10.6 Å². The Morgan fingerprint density at radius 2 is 1.39 bits per heavy atom. The molecule has 170 valence electrons. The third-order valence-corrected chi connectivity index (χ3v) is 5.29. The number of halogens is 1. The van der Waals surface area contributed by atoms with Crippen molar-refractivity contribution in [1.82, 2.24) is 10.6 Å². The monoisotopic (exact) mass is 466 g/mol. The van der Waals surface area contributed by atoms with Crippen LogP contribution in [-0.4, -0.2) is 40.1 Å². The number of carboxylic acids is 1. The predicted molar refractivity (Wildman–Crippen MR) is 124 cm³/mol. The Kier molecular flexibility index (Phi) is 8.18. The fraction of sp³-hybridized carbons (Fsp3) is 0.160. The van der Waals surface area contributed by atoms with Gasteiger partial charge in [-0.2, -0.15) is 0 Å². The summed E-state index contributed by atoms with van der Waals surface area (Å²) in [7, 11) is 0. The number of aliphatic hydroxyl groups excluding tert-OH is 1. The van der Waals surface area contributed by atoms with Crippen molar-refractivity contribution in [1.29, 1.82) is 0 Å². The molecule has 0 unspecified atom stereocenters. The number of hydrogen-bond donors (Lipinski definition) is 4. The number of carboxylic acid groups (broad SMARTS) is 1. The van der Waals surface area contributed by atoms with E-state index in [4.69, 9.17) is 11.6 Å². The molecule has 0 radical (unpaired) electrons. The molecule has 0 aromatic heterocycles. The zero-order chi connectivity index (χ0) is 23.8. The molecule has 0 aliphatic heterocycles. The van der Waals surface area contributed by atoms with Crippen LogP contribution in [-0.2, 0) is 16.0 Å². The standard InChI is InChI=1S/C25H23ClN2O5/c26-19-13-11-16(12-14-19)15-20(25(32)33)27-24(31)22(29)21(17-7-3-1-4-8-17)28-23(30)18-9-5-2-6-10-18/h1-14,20-22,29H,15H2,(H,27,31)(H,28,30)(H,32,33)/t20-,21-,22+/m0/s1. The van der Waals surface area contributed by atoms with Gasteiger partial charge in [-0.25, -0.2) is 4.79 Å². The lowest BCUT2D eigenvalue weighted by molar-refractivity contribution is -0.143. The van der Waals surface area contributed by atoms with E-state index in [1.165, 1.54) is 0 Å². The van der Waals surface area contributed by atoms with Crippen molar-refractivity contribution in [2.75, 3.05) is 0 Å². The third kappa shape index (κ3) is 6.65. The molecular formula is C25H23ClN2O5. The van der Waals surface area contributed by atoms with Crippen LogP contribution >= 0.6 is 11.6 Å². The van der Waals surface area contributed by atoms with Gasteiger partial charge in [-0.3, -0.25) is 9.59 Å². The highest BCUT2D eigenvalue weighted by Gasteiger charge is 2.32. The minimum atomic E-state index is -1.73. The lowest BCUT2D eigenvalue weighted by Gasteiger charge is -2.25. The summed E-state index contributed by atoms with van der Waals surface area (Å²) in [6, 6.07) is 21.1. The first-order valence-electron chi connectivity index (χ1n) is 10.2. The van der Waals surface area contributed by atoms with E-state index in [0.29, 0.717) is 21.7 Å². The molecular weight excluding hydrogens is 444 g/mol. The molecule has 0 saturated heterocycles. The molecule has 0 aliphatic carbocycles. The Balaban J connectivity index is 1.78. The van der Waals surface area contributed by atoms with Gasteiger partial charge < -0.3 is 20.8 Å². The second-order valence-corrected chi connectivity index (χ2v) is 7.84. The first-order chi connectivity index (χ1) is 15.8. The summed E-state index contributed by atoms with van der Waals surface area (Å²) >= 11 is 5.86. The van der Waals surface area contributed by atoms with Gasteiger partial charge in [0.1, 0.15) is 6.04 Å². The Bertz CT molecular complexity index is 1090. The van der Waals surface area contributed by atoms with Gasteiger partial charge in [0.2, 0.25) is 0 Å². The molecule has 0 saturated carbocycles. The zero-order valence-electron chi connectivity index (χ0n) is 17.5. The molecule has 0 spiro atoms. The molecule has 4 N–H and O–H groups in total. The van der Waals surface area contributed by atoms with Crippen molar-refractivity contribution in [2.45, 2.75) is 24.6 Å². The molecule has 3 rings (SSSR count). The van der Waals surface area contributed by atoms with Crippen LogP contribution in [0.4, 0.5) is 0 Å². The Morgan fingerprint density at radius 3 is 1.97 bits per heavy atom. The lowest BCUT2D eigenvalue weighted by atomic mass is 9.99. The molecule has 3 aromatic carbocycles. The molecule has 0 bridgehead atoms. The van der Waals surface area contributed by atoms with Gasteiger partial charge in [-0.05, 0) is 35.4 Å². The Labute approximate surface area is 196 Å². The zero-order valence-corrected chi connectivity index (χ0v) is 18.3. The molecule has 7 nitrogen and oxygen atoms in total. The summed E-state index contributed by atoms with van der Waals surface area (Å²) in [6.07, 6.45) is -1.73. The van der Waals surface area contributed by atoms with Gasteiger partial charge in [-0.1, -0.05) is 72.3 Å². The number of aliphatic hydroxyl groups is 1. The highest BCUT2D eigenvalue weighted by Crippen LogP contribution is 2.19. The van der Waals surface area contributed by atoms with Gasteiger partial charge in [0.15, 0.2) is 6.10 Å². The molecule has 0 aliphatic rings. The molecule has 2 amide bonds. The van der Waals surface area contributed by atoms with Crippen LogP contribution in [0.3, 0.4) is 0 Å². The van der Waals surface area contributed by atoms with Gasteiger partial charge >= 0.3 is 5.97 Å². The lowest BCUT2D eigenvalue weighted by Crippen LogP contribution is -2.50. The fourth-order valence-corrected chi connectivity index (χ4v) is 3.41. The molecule has 0 heterocycles. The highest BCUT2D eigenvalue weighted by molar-refractivity contribution is 6.30. The van der Waals surface area contributed by atoms with Gasteiger partial charge in [0, 0.05) is 17.0 Å². The Morgan fingerprint density at radius 1 is 0.818 bits per heavy atom. The number of amides is 2. The average molecular weight is 467 g/mol. The van der Waals surface area contributed by atoms with Crippen molar-refractivity contribution in [3.8, 4) is 0 Å². The molecule has 3 aromatic rings. The number of carbonyl (C=O) groups excluding carboxylic acids is 2. The second-order valence-electron chi connectivity index (χ2n) is 7.40. The number of benzene rings is 3. The first kappa shape index (κ1) is 24.0. The third-order valence-electron chi connectivity index (χ3n) is 5.03. The van der Waals surface area contributed by atoms with Crippen LogP contribution in [0.15, 0.2) is 84.9 Å². The van der Waals surface area contributed by atoms with E-state index < -0.39 is 36.0 Å². The number of hydrogen-bond acceptors (Lipinski definition) is 4.